The molecular formula is C6H10ClNO2. The second-order valence-electron chi connectivity index (χ2n) is 1.99. The van der Waals surface area contributed by atoms with Gasteiger partial charge in [0.25, 0.3) is 0 Å². The van der Waals surface area contributed by atoms with Crippen LogP contribution in [0.3, 0.4) is 0 Å². The molecule has 0 spiro atoms. The van der Waals surface area contributed by atoms with Gasteiger partial charge in [0.05, 0.1) is 6.04 Å². The predicted octanol–water partition coefficient (Wildman–Crippen LogP) is 1.73. The molecule has 0 amide bonds. The fraction of sp³-hybridized carbons (Fsp3) is 0.833. The van der Waals surface area contributed by atoms with Crippen molar-refractivity contribution in [3.8, 4) is 0 Å². The molecule has 1 unspecified atom stereocenters. The van der Waals surface area contributed by atoms with E-state index in [1.807, 2.05) is 0 Å². The van der Waals surface area contributed by atoms with Crippen LogP contribution >= 0.6 is 11.6 Å². The number of nitrogens with zero attached hydrogens (tertiary/aromatic N) is 1. The molecule has 0 aliphatic rings. The first kappa shape index (κ1) is 9.56. The van der Waals surface area contributed by atoms with Crippen LogP contribution in [0.25, 0.3) is 0 Å². The molecule has 0 aliphatic carbocycles. The summed E-state index contributed by atoms with van der Waals surface area (Å²) in [5.41, 5.74) is 0. The highest BCUT2D eigenvalue weighted by Gasteiger charge is 2.05. The van der Waals surface area contributed by atoms with E-state index in [2.05, 4.69) is 5.18 Å². The summed E-state index contributed by atoms with van der Waals surface area (Å²) >= 11 is 5.37. The Kier molecular flexibility index (Phi) is 6.38. The highest BCUT2D eigenvalue weighted by Crippen LogP contribution is 2.05. The molecule has 0 fully saturated rings. The van der Waals surface area contributed by atoms with Crippen LogP contribution in [-0.4, -0.2) is 18.2 Å². The average Bonchev–Trinajstić information content (AvgIpc) is 1.98. The van der Waals surface area contributed by atoms with Crippen molar-refractivity contribution in [2.75, 3.05) is 5.88 Å². The smallest absolute Gasteiger partial charge is 0.122 e. The zero-order chi connectivity index (χ0) is 7.82. The number of rotatable bonds is 6. The lowest BCUT2D eigenvalue weighted by Gasteiger charge is -2.00. The van der Waals surface area contributed by atoms with E-state index in [4.69, 9.17) is 11.6 Å². The highest BCUT2D eigenvalue weighted by molar-refractivity contribution is 6.17. The SMILES string of the molecule is O=CCC(CCCCl)N=O. The Morgan fingerprint density at radius 1 is 1.60 bits per heavy atom. The van der Waals surface area contributed by atoms with Gasteiger partial charge >= 0.3 is 0 Å². The molecule has 0 aliphatic heterocycles. The van der Waals surface area contributed by atoms with Gasteiger partial charge in [-0.25, -0.2) is 0 Å². The number of alkyl halides is 1. The second kappa shape index (κ2) is 6.68. The molecule has 0 heterocycles. The molecule has 3 nitrogen and oxygen atoms in total. The standard InChI is InChI=1S/C6H10ClNO2/c7-4-1-2-6(8-10)3-5-9/h5-6H,1-4H2. The molecule has 0 N–H and O–H groups in total. The number of hydrogen-bond acceptors (Lipinski definition) is 3. The van der Waals surface area contributed by atoms with Gasteiger partial charge in [-0.05, 0) is 12.8 Å². The zero-order valence-electron chi connectivity index (χ0n) is 5.62. The molecule has 4 heteroatoms. The van der Waals surface area contributed by atoms with Gasteiger partial charge in [-0.1, -0.05) is 5.18 Å². The molecule has 0 aromatic rings. The van der Waals surface area contributed by atoms with Crippen molar-refractivity contribution in [1.82, 2.24) is 0 Å². The van der Waals surface area contributed by atoms with E-state index in [1.165, 1.54) is 0 Å². The van der Waals surface area contributed by atoms with Crippen molar-refractivity contribution >= 4 is 17.9 Å². The summed E-state index contributed by atoms with van der Waals surface area (Å²) in [5, 5.41) is 2.78. The molecule has 58 valence electrons. The Labute approximate surface area is 64.7 Å². The molecule has 10 heavy (non-hydrogen) atoms. The Balaban J connectivity index is 3.38. The summed E-state index contributed by atoms with van der Waals surface area (Å²) < 4.78 is 0. The van der Waals surface area contributed by atoms with Gasteiger partial charge in [0.1, 0.15) is 6.29 Å². The van der Waals surface area contributed by atoms with E-state index in [1.54, 1.807) is 0 Å². The van der Waals surface area contributed by atoms with Crippen LogP contribution in [0.4, 0.5) is 0 Å². The van der Waals surface area contributed by atoms with Crippen molar-refractivity contribution in [3.05, 3.63) is 4.91 Å². The van der Waals surface area contributed by atoms with Crippen molar-refractivity contribution < 1.29 is 4.79 Å². The Morgan fingerprint density at radius 3 is 2.70 bits per heavy atom. The van der Waals surface area contributed by atoms with Gasteiger partial charge in [0, 0.05) is 12.3 Å². The van der Waals surface area contributed by atoms with E-state index in [0.717, 1.165) is 6.42 Å². The normalized spacial score (nSPS) is 12.5. The molecular weight excluding hydrogens is 154 g/mol. The van der Waals surface area contributed by atoms with E-state index in [0.29, 0.717) is 18.6 Å². The van der Waals surface area contributed by atoms with E-state index >= 15 is 0 Å². The van der Waals surface area contributed by atoms with Gasteiger partial charge in [-0.15, -0.1) is 11.6 Å². The Hall–Kier alpha value is -0.440. The number of halogens is 1. The van der Waals surface area contributed by atoms with Crippen LogP contribution in [0.1, 0.15) is 19.3 Å². The van der Waals surface area contributed by atoms with Crippen molar-refractivity contribution in [1.29, 1.82) is 0 Å². The fourth-order valence-electron chi connectivity index (χ4n) is 0.637. The monoisotopic (exact) mass is 163 g/mol. The molecule has 0 aromatic heterocycles. The summed E-state index contributed by atoms with van der Waals surface area (Å²) in [6.45, 7) is 0. The summed E-state index contributed by atoms with van der Waals surface area (Å²) in [5.74, 6) is 0.519. The lowest BCUT2D eigenvalue weighted by atomic mass is 10.1. The fourth-order valence-corrected chi connectivity index (χ4v) is 0.792. The van der Waals surface area contributed by atoms with Gasteiger partial charge in [-0.2, -0.15) is 4.91 Å². The van der Waals surface area contributed by atoms with Crippen LogP contribution in [-0.2, 0) is 4.79 Å². The quantitative estimate of drug-likeness (QED) is 0.340. The number of carbonyl (C=O) groups excluding carboxylic acids is 1. The van der Waals surface area contributed by atoms with Crippen LogP contribution in [0, 0.1) is 4.91 Å². The van der Waals surface area contributed by atoms with Crippen molar-refractivity contribution in [2.24, 2.45) is 5.18 Å². The molecule has 0 bridgehead atoms. The average molecular weight is 164 g/mol. The van der Waals surface area contributed by atoms with Crippen LogP contribution < -0.4 is 0 Å². The van der Waals surface area contributed by atoms with Crippen molar-refractivity contribution in [3.63, 3.8) is 0 Å². The number of hydrogen-bond donors (Lipinski definition) is 0. The Bertz CT molecular complexity index is 108. The topological polar surface area (TPSA) is 46.5 Å². The summed E-state index contributed by atoms with van der Waals surface area (Å²) in [4.78, 5) is 19.9. The van der Waals surface area contributed by atoms with Gasteiger partial charge in [-0.3, -0.25) is 0 Å². The van der Waals surface area contributed by atoms with E-state index < -0.39 is 0 Å². The predicted molar refractivity (Wildman–Crippen MR) is 40.2 cm³/mol. The molecule has 0 rings (SSSR count). The van der Waals surface area contributed by atoms with Gasteiger partial charge in [0.15, 0.2) is 0 Å². The first-order valence-corrected chi connectivity index (χ1v) is 3.70. The van der Waals surface area contributed by atoms with Crippen molar-refractivity contribution in [2.45, 2.75) is 25.3 Å². The maximum atomic E-state index is 9.95. The van der Waals surface area contributed by atoms with Crippen LogP contribution in [0.5, 0.6) is 0 Å². The first-order chi connectivity index (χ1) is 4.85. The summed E-state index contributed by atoms with van der Waals surface area (Å²) in [6.07, 6.45) is 2.29. The second-order valence-corrected chi connectivity index (χ2v) is 2.37. The molecule has 0 aromatic carbocycles. The molecule has 0 radical (unpaired) electrons. The highest BCUT2D eigenvalue weighted by atomic mass is 35.5. The lowest BCUT2D eigenvalue weighted by Crippen LogP contribution is -2.03. The van der Waals surface area contributed by atoms with E-state index in [-0.39, 0.29) is 12.5 Å². The van der Waals surface area contributed by atoms with Gasteiger partial charge < -0.3 is 4.79 Å². The first-order valence-electron chi connectivity index (χ1n) is 3.17. The third-order valence-corrected chi connectivity index (χ3v) is 1.46. The molecule has 0 saturated carbocycles. The third-order valence-electron chi connectivity index (χ3n) is 1.19. The number of aldehydes is 1. The molecule has 1 atom stereocenters. The number of nitroso groups, excluding NO2 is 1. The minimum absolute atomic E-state index is 0.223. The zero-order valence-corrected chi connectivity index (χ0v) is 6.38. The summed E-state index contributed by atoms with van der Waals surface area (Å²) in [6, 6.07) is -0.365. The number of carbonyl (C=O) groups is 1. The third kappa shape index (κ3) is 4.44. The maximum absolute atomic E-state index is 9.95. The minimum atomic E-state index is -0.365. The van der Waals surface area contributed by atoms with Crippen LogP contribution in [0.2, 0.25) is 0 Å². The summed E-state index contributed by atoms with van der Waals surface area (Å²) in [7, 11) is 0. The maximum Gasteiger partial charge on any atom is 0.122 e. The van der Waals surface area contributed by atoms with Gasteiger partial charge in [0.2, 0.25) is 0 Å². The van der Waals surface area contributed by atoms with E-state index in [9.17, 15) is 9.70 Å². The lowest BCUT2D eigenvalue weighted by molar-refractivity contribution is -0.108. The molecule has 0 saturated heterocycles. The Morgan fingerprint density at radius 2 is 2.30 bits per heavy atom. The van der Waals surface area contributed by atoms with Crippen LogP contribution in [0.15, 0.2) is 5.18 Å². The largest absolute Gasteiger partial charge is 0.303 e. The minimum Gasteiger partial charge on any atom is -0.303 e.